The lowest BCUT2D eigenvalue weighted by Gasteiger charge is -2.07. The van der Waals surface area contributed by atoms with Crippen molar-refractivity contribution in [3.8, 4) is 16.6 Å². The van der Waals surface area contributed by atoms with Crippen LogP contribution in [0.25, 0.3) is 10.6 Å². The van der Waals surface area contributed by atoms with Gasteiger partial charge in [0.15, 0.2) is 0 Å². The third kappa shape index (κ3) is 4.69. The van der Waals surface area contributed by atoms with E-state index in [4.69, 9.17) is 0 Å². The Morgan fingerprint density at radius 2 is 2.00 bits per heavy atom. The second kappa shape index (κ2) is 8.47. The summed E-state index contributed by atoms with van der Waals surface area (Å²) >= 11 is 2.88. The lowest BCUT2D eigenvalue weighted by atomic mass is 10.2. The van der Waals surface area contributed by atoms with Crippen molar-refractivity contribution in [3.05, 3.63) is 71.1 Å². The summed E-state index contributed by atoms with van der Waals surface area (Å²) in [4.78, 5) is 17.7. The van der Waals surface area contributed by atoms with Gasteiger partial charge in [-0.05, 0) is 29.1 Å². The number of aromatic nitrogens is 1. The Kier molecular flexibility index (Phi) is 5.83. The van der Waals surface area contributed by atoms with Crippen molar-refractivity contribution in [3.63, 3.8) is 0 Å². The number of carbonyl (C=O) groups excluding carboxylic acids is 1. The first kappa shape index (κ1) is 17.2. The maximum Gasteiger partial charge on any atom is 0.230 e. The minimum Gasteiger partial charge on any atom is -0.351 e. The molecule has 0 radical (unpaired) electrons. The molecule has 6 heteroatoms. The molecule has 3 rings (SSSR count). The molecule has 25 heavy (non-hydrogen) atoms. The Balaban J connectivity index is 1.63. The number of nitrogens with one attached hydrogen (secondary N) is 1. The third-order valence-electron chi connectivity index (χ3n) is 3.43. The Morgan fingerprint density at radius 1 is 1.16 bits per heavy atom. The van der Waals surface area contributed by atoms with Gasteiger partial charge < -0.3 is 5.32 Å². The molecule has 0 aliphatic heterocycles. The molecule has 0 unspecified atom stereocenters. The minimum absolute atomic E-state index is 0.0823. The molecular formula is C19H15N3OS2. The van der Waals surface area contributed by atoms with Crippen molar-refractivity contribution in [1.29, 1.82) is 5.26 Å². The molecule has 0 spiro atoms. The number of hydrogen-bond donors (Lipinski definition) is 1. The van der Waals surface area contributed by atoms with Gasteiger partial charge in [0, 0.05) is 6.54 Å². The van der Waals surface area contributed by atoms with Gasteiger partial charge in [-0.3, -0.25) is 4.79 Å². The van der Waals surface area contributed by atoms with Gasteiger partial charge in [-0.1, -0.05) is 48.2 Å². The number of amides is 1. The van der Waals surface area contributed by atoms with E-state index in [-0.39, 0.29) is 11.7 Å². The average molecular weight is 365 g/mol. The number of carbonyl (C=O) groups is 1. The van der Waals surface area contributed by atoms with Crippen molar-refractivity contribution in [1.82, 2.24) is 10.3 Å². The summed E-state index contributed by atoms with van der Waals surface area (Å²) in [6.07, 6.45) is 0. The van der Waals surface area contributed by atoms with E-state index in [9.17, 15) is 10.1 Å². The second-order valence-corrected chi connectivity index (χ2v) is 7.10. The fourth-order valence-corrected chi connectivity index (χ4v) is 3.68. The molecule has 1 N–H and O–H groups in total. The molecular weight excluding hydrogens is 350 g/mol. The predicted molar refractivity (Wildman–Crippen MR) is 101 cm³/mol. The van der Waals surface area contributed by atoms with Crippen molar-refractivity contribution in [2.45, 2.75) is 11.6 Å². The van der Waals surface area contributed by atoms with Gasteiger partial charge in [-0.15, -0.1) is 11.3 Å². The minimum atomic E-state index is -0.0823. The van der Waals surface area contributed by atoms with Gasteiger partial charge in [0.05, 0.1) is 21.9 Å². The summed E-state index contributed by atoms with van der Waals surface area (Å²) in [5.41, 5.74) is 2.36. The van der Waals surface area contributed by atoms with E-state index in [1.54, 1.807) is 17.4 Å². The van der Waals surface area contributed by atoms with Crippen LogP contribution in [0.15, 0.2) is 65.0 Å². The standard InChI is InChI=1S/C19H15N3OS2/c20-11-15-8-9-16(17-7-4-10-24-17)22-19(15)25-13-18(23)21-12-14-5-2-1-3-6-14/h1-10H,12-13H2,(H,21,23). The van der Waals surface area contributed by atoms with Crippen LogP contribution in [0.1, 0.15) is 11.1 Å². The normalized spacial score (nSPS) is 10.2. The van der Waals surface area contributed by atoms with Crippen LogP contribution in [0.2, 0.25) is 0 Å². The van der Waals surface area contributed by atoms with Gasteiger partial charge >= 0.3 is 0 Å². The molecule has 0 saturated heterocycles. The van der Waals surface area contributed by atoms with E-state index >= 15 is 0 Å². The molecule has 0 atom stereocenters. The number of thioether (sulfide) groups is 1. The number of benzene rings is 1. The van der Waals surface area contributed by atoms with Crippen molar-refractivity contribution >= 4 is 29.0 Å². The highest BCUT2D eigenvalue weighted by Gasteiger charge is 2.11. The molecule has 0 saturated carbocycles. The van der Waals surface area contributed by atoms with Crippen molar-refractivity contribution < 1.29 is 4.79 Å². The zero-order chi connectivity index (χ0) is 17.5. The molecule has 2 aromatic heterocycles. The van der Waals surface area contributed by atoms with Crippen LogP contribution < -0.4 is 5.32 Å². The van der Waals surface area contributed by atoms with E-state index < -0.39 is 0 Å². The lowest BCUT2D eigenvalue weighted by Crippen LogP contribution is -2.24. The number of thiophene rings is 1. The predicted octanol–water partition coefficient (Wildman–Crippen LogP) is 4.09. The number of nitriles is 1. The molecule has 2 heterocycles. The molecule has 0 aliphatic rings. The number of hydrogen-bond acceptors (Lipinski definition) is 5. The molecule has 3 aromatic rings. The quantitative estimate of drug-likeness (QED) is 0.668. The molecule has 124 valence electrons. The number of rotatable bonds is 6. The zero-order valence-electron chi connectivity index (χ0n) is 13.3. The largest absolute Gasteiger partial charge is 0.351 e. The average Bonchev–Trinajstić information content (AvgIpc) is 3.20. The first-order chi connectivity index (χ1) is 12.3. The monoisotopic (exact) mass is 365 g/mol. The fourth-order valence-electron chi connectivity index (χ4n) is 2.18. The summed E-state index contributed by atoms with van der Waals surface area (Å²) < 4.78 is 0. The van der Waals surface area contributed by atoms with Crippen LogP contribution in [0.3, 0.4) is 0 Å². The zero-order valence-corrected chi connectivity index (χ0v) is 14.9. The topological polar surface area (TPSA) is 65.8 Å². The van der Waals surface area contributed by atoms with Crippen LogP contribution in [0, 0.1) is 11.3 Å². The maximum atomic E-state index is 12.1. The van der Waals surface area contributed by atoms with Crippen LogP contribution in [-0.2, 0) is 11.3 Å². The Bertz CT molecular complexity index is 887. The van der Waals surface area contributed by atoms with E-state index in [0.717, 1.165) is 16.1 Å². The molecule has 0 aliphatic carbocycles. The Morgan fingerprint density at radius 3 is 2.72 bits per heavy atom. The fraction of sp³-hybridized carbons (Fsp3) is 0.105. The smallest absolute Gasteiger partial charge is 0.230 e. The third-order valence-corrected chi connectivity index (χ3v) is 5.31. The van der Waals surface area contributed by atoms with Gasteiger partial charge in [0.25, 0.3) is 0 Å². The molecule has 0 fully saturated rings. The Hall–Kier alpha value is -2.62. The molecule has 1 aromatic carbocycles. The second-order valence-electron chi connectivity index (χ2n) is 5.19. The van der Waals surface area contributed by atoms with Crippen LogP contribution in [0.4, 0.5) is 0 Å². The lowest BCUT2D eigenvalue weighted by molar-refractivity contribution is -0.118. The van der Waals surface area contributed by atoms with Crippen molar-refractivity contribution in [2.24, 2.45) is 0 Å². The maximum absolute atomic E-state index is 12.1. The summed E-state index contributed by atoms with van der Waals surface area (Å²) in [5, 5.41) is 14.7. The van der Waals surface area contributed by atoms with Gasteiger partial charge in [0.2, 0.25) is 5.91 Å². The summed E-state index contributed by atoms with van der Waals surface area (Å²) in [6, 6.07) is 19.4. The summed E-state index contributed by atoms with van der Waals surface area (Å²) in [6.45, 7) is 0.494. The van der Waals surface area contributed by atoms with Crippen molar-refractivity contribution in [2.75, 3.05) is 5.75 Å². The summed E-state index contributed by atoms with van der Waals surface area (Å²) in [5.74, 6) is 0.142. The first-order valence-corrected chi connectivity index (χ1v) is 9.51. The van der Waals surface area contributed by atoms with Gasteiger partial charge in [-0.25, -0.2) is 4.98 Å². The first-order valence-electron chi connectivity index (χ1n) is 7.64. The highest BCUT2D eigenvalue weighted by atomic mass is 32.2. The number of pyridine rings is 1. The van der Waals surface area contributed by atoms with Crippen LogP contribution in [-0.4, -0.2) is 16.6 Å². The Labute approximate surface area is 154 Å². The van der Waals surface area contributed by atoms with Crippen LogP contribution in [0.5, 0.6) is 0 Å². The van der Waals surface area contributed by atoms with E-state index in [1.807, 2.05) is 53.9 Å². The molecule has 1 amide bonds. The number of nitrogens with zero attached hydrogens (tertiary/aromatic N) is 2. The van der Waals surface area contributed by atoms with Gasteiger partial charge in [0.1, 0.15) is 11.1 Å². The highest BCUT2D eigenvalue weighted by Crippen LogP contribution is 2.27. The SMILES string of the molecule is N#Cc1ccc(-c2cccs2)nc1SCC(=O)NCc1ccccc1. The van der Waals surface area contributed by atoms with E-state index in [2.05, 4.69) is 16.4 Å². The molecule has 0 bridgehead atoms. The van der Waals surface area contributed by atoms with E-state index in [1.165, 1.54) is 11.8 Å². The summed E-state index contributed by atoms with van der Waals surface area (Å²) in [7, 11) is 0. The van der Waals surface area contributed by atoms with Gasteiger partial charge in [-0.2, -0.15) is 5.26 Å². The highest BCUT2D eigenvalue weighted by molar-refractivity contribution is 8.00. The van der Waals surface area contributed by atoms with Crippen LogP contribution >= 0.6 is 23.1 Å². The van der Waals surface area contributed by atoms with E-state index in [0.29, 0.717) is 17.1 Å². The molecule has 4 nitrogen and oxygen atoms in total.